The topological polar surface area (TPSA) is 116 Å². The Labute approximate surface area is 104 Å². The minimum atomic E-state index is -0.400. The van der Waals surface area contributed by atoms with Crippen molar-refractivity contribution >= 4 is 23.6 Å². The number of amides is 4. The second-order valence-corrected chi connectivity index (χ2v) is 3.75. The van der Waals surface area contributed by atoms with Crippen molar-refractivity contribution in [3.63, 3.8) is 0 Å². The van der Waals surface area contributed by atoms with Gasteiger partial charge in [0.15, 0.2) is 0 Å². The smallest absolute Gasteiger partial charge is 0.229 e. The first-order chi connectivity index (χ1) is 8.58. The second kappa shape index (κ2) is 7.25. The van der Waals surface area contributed by atoms with Gasteiger partial charge in [-0.3, -0.25) is 19.2 Å². The van der Waals surface area contributed by atoms with Crippen LogP contribution in [0.1, 0.15) is 12.8 Å². The molecular formula is C10H16N4O4. The molecule has 0 radical (unpaired) electrons. The highest BCUT2D eigenvalue weighted by molar-refractivity contribution is 5.98. The summed E-state index contributed by atoms with van der Waals surface area (Å²) in [7, 11) is 0. The van der Waals surface area contributed by atoms with Crippen LogP contribution in [0.3, 0.4) is 0 Å². The van der Waals surface area contributed by atoms with Gasteiger partial charge in [-0.25, -0.2) is 0 Å². The maximum atomic E-state index is 11.2. The zero-order chi connectivity index (χ0) is 13.4. The molecule has 0 aromatic carbocycles. The Morgan fingerprint density at radius 1 is 0.500 bits per heavy atom. The number of hydrogen-bond acceptors (Lipinski definition) is 4. The van der Waals surface area contributed by atoms with Crippen LogP contribution in [0, 0.1) is 0 Å². The highest BCUT2D eigenvalue weighted by Gasteiger charge is 2.11. The number of rotatable bonds is 0. The predicted octanol–water partition coefficient (Wildman–Crippen LogP) is -2.75. The number of nitrogens with one attached hydrogen (secondary N) is 4. The Hall–Kier alpha value is -2.12. The van der Waals surface area contributed by atoms with Crippen molar-refractivity contribution in [3.8, 4) is 0 Å². The van der Waals surface area contributed by atoms with Gasteiger partial charge in [0, 0.05) is 26.2 Å². The van der Waals surface area contributed by atoms with Crippen LogP contribution in [0.2, 0.25) is 0 Å². The van der Waals surface area contributed by atoms with Gasteiger partial charge >= 0.3 is 0 Å². The third-order valence-corrected chi connectivity index (χ3v) is 2.18. The lowest BCUT2D eigenvalue weighted by molar-refractivity contribution is -0.132. The molecule has 1 saturated heterocycles. The van der Waals surface area contributed by atoms with Gasteiger partial charge in [-0.05, 0) is 0 Å². The van der Waals surface area contributed by atoms with Crippen molar-refractivity contribution in [2.45, 2.75) is 12.8 Å². The van der Waals surface area contributed by atoms with E-state index in [1.807, 2.05) is 0 Å². The van der Waals surface area contributed by atoms with Gasteiger partial charge in [0.25, 0.3) is 0 Å². The molecule has 4 N–H and O–H groups in total. The molecule has 0 spiro atoms. The van der Waals surface area contributed by atoms with Crippen LogP contribution in [0.4, 0.5) is 0 Å². The van der Waals surface area contributed by atoms with Crippen LogP contribution >= 0.6 is 0 Å². The summed E-state index contributed by atoms with van der Waals surface area (Å²) in [4.78, 5) is 45.0. The maximum Gasteiger partial charge on any atom is 0.229 e. The van der Waals surface area contributed by atoms with Crippen LogP contribution in [0.25, 0.3) is 0 Å². The number of carbonyl (C=O) groups is 4. The first-order valence-electron chi connectivity index (χ1n) is 5.64. The van der Waals surface area contributed by atoms with Gasteiger partial charge < -0.3 is 21.3 Å². The normalized spacial score (nSPS) is 20.0. The third-order valence-electron chi connectivity index (χ3n) is 2.18. The average molecular weight is 256 g/mol. The lowest BCUT2D eigenvalue weighted by Crippen LogP contribution is -2.41. The largest absolute Gasteiger partial charge is 0.354 e. The molecule has 0 bridgehead atoms. The summed E-state index contributed by atoms with van der Waals surface area (Å²) in [6.07, 6.45) is -0.524. The van der Waals surface area contributed by atoms with E-state index in [1.54, 1.807) is 0 Å². The number of carbonyl (C=O) groups excluding carboxylic acids is 4. The monoisotopic (exact) mass is 256 g/mol. The van der Waals surface area contributed by atoms with E-state index in [4.69, 9.17) is 0 Å². The van der Waals surface area contributed by atoms with Gasteiger partial charge in [-0.2, -0.15) is 0 Å². The second-order valence-electron chi connectivity index (χ2n) is 3.75. The van der Waals surface area contributed by atoms with E-state index in [-0.39, 0.29) is 39.0 Å². The molecule has 1 fully saturated rings. The minimum absolute atomic E-state index is 0.222. The first-order valence-corrected chi connectivity index (χ1v) is 5.64. The van der Waals surface area contributed by atoms with E-state index in [0.717, 1.165) is 0 Å². The van der Waals surface area contributed by atoms with Gasteiger partial charge in [-0.15, -0.1) is 0 Å². The fourth-order valence-electron chi connectivity index (χ4n) is 1.35. The van der Waals surface area contributed by atoms with Gasteiger partial charge in [0.05, 0.1) is 0 Å². The van der Waals surface area contributed by atoms with E-state index >= 15 is 0 Å². The molecule has 1 aliphatic rings. The quantitative estimate of drug-likeness (QED) is 0.351. The molecule has 0 saturated carbocycles. The van der Waals surface area contributed by atoms with Crippen LogP contribution < -0.4 is 21.3 Å². The predicted molar refractivity (Wildman–Crippen MR) is 61.3 cm³/mol. The zero-order valence-electron chi connectivity index (χ0n) is 9.88. The summed E-state index contributed by atoms with van der Waals surface area (Å²) in [5.41, 5.74) is 0. The molecule has 0 unspecified atom stereocenters. The first kappa shape index (κ1) is 13.9. The molecule has 0 atom stereocenters. The van der Waals surface area contributed by atoms with E-state index in [0.29, 0.717) is 0 Å². The molecule has 8 heteroatoms. The highest BCUT2D eigenvalue weighted by atomic mass is 16.2. The van der Waals surface area contributed by atoms with Crippen molar-refractivity contribution in [1.82, 2.24) is 21.3 Å². The summed E-state index contributed by atoms with van der Waals surface area (Å²) in [5.74, 6) is -1.60. The fourth-order valence-corrected chi connectivity index (χ4v) is 1.35. The molecule has 100 valence electrons. The molecule has 0 aromatic heterocycles. The van der Waals surface area contributed by atoms with Gasteiger partial charge in [-0.1, -0.05) is 0 Å². The van der Waals surface area contributed by atoms with E-state index in [9.17, 15) is 19.2 Å². The minimum Gasteiger partial charge on any atom is -0.354 e. The van der Waals surface area contributed by atoms with Crippen molar-refractivity contribution in [3.05, 3.63) is 0 Å². The Morgan fingerprint density at radius 3 is 0.944 bits per heavy atom. The van der Waals surface area contributed by atoms with Crippen LogP contribution in [0.15, 0.2) is 0 Å². The van der Waals surface area contributed by atoms with Crippen molar-refractivity contribution < 1.29 is 19.2 Å². The van der Waals surface area contributed by atoms with E-state index in [1.165, 1.54) is 0 Å². The molecule has 0 aliphatic carbocycles. The van der Waals surface area contributed by atoms with Crippen molar-refractivity contribution in [1.29, 1.82) is 0 Å². The summed E-state index contributed by atoms with van der Waals surface area (Å²) >= 11 is 0. The Bertz CT molecular complexity index is 290. The van der Waals surface area contributed by atoms with Gasteiger partial charge in [0.1, 0.15) is 12.8 Å². The van der Waals surface area contributed by atoms with E-state index < -0.39 is 23.6 Å². The fraction of sp³-hybridized carbons (Fsp3) is 0.600. The molecule has 8 nitrogen and oxygen atoms in total. The maximum absolute atomic E-state index is 11.2. The van der Waals surface area contributed by atoms with Crippen LogP contribution in [0.5, 0.6) is 0 Å². The molecule has 18 heavy (non-hydrogen) atoms. The third kappa shape index (κ3) is 5.83. The SMILES string of the molecule is O=C1CC(=O)NCCNC(=O)CC(=O)NCCN1. The summed E-state index contributed by atoms with van der Waals surface area (Å²) in [5, 5.41) is 9.93. The molecule has 1 heterocycles. The van der Waals surface area contributed by atoms with Crippen molar-refractivity contribution in [2.24, 2.45) is 0 Å². The Kier molecular flexibility index (Phi) is 5.62. The summed E-state index contributed by atoms with van der Waals surface area (Å²) < 4.78 is 0. The van der Waals surface area contributed by atoms with Crippen LogP contribution in [-0.2, 0) is 19.2 Å². The summed E-state index contributed by atoms with van der Waals surface area (Å²) in [6, 6.07) is 0. The number of hydrogen-bond donors (Lipinski definition) is 4. The standard InChI is InChI=1S/C10H16N4O4/c15-7-5-9(17)13-3-4-14-10(18)6-8(16)12-2-1-11-7/h1-6H2,(H,11,15)(H,12,16)(H,13,17)(H,14,18). The molecule has 4 amide bonds. The van der Waals surface area contributed by atoms with Gasteiger partial charge in [0.2, 0.25) is 23.6 Å². The highest BCUT2D eigenvalue weighted by Crippen LogP contribution is 1.83. The van der Waals surface area contributed by atoms with E-state index in [2.05, 4.69) is 21.3 Å². The van der Waals surface area contributed by atoms with Crippen molar-refractivity contribution in [2.75, 3.05) is 26.2 Å². The lowest BCUT2D eigenvalue weighted by atomic mass is 10.3. The molecule has 0 aromatic rings. The Morgan fingerprint density at radius 2 is 0.722 bits per heavy atom. The van der Waals surface area contributed by atoms with Crippen LogP contribution in [-0.4, -0.2) is 49.8 Å². The average Bonchev–Trinajstić information content (AvgIpc) is 2.29. The lowest BCUT2D eigenvalue weighted by Gasteiger charge is -2.10. The Balaban J connectivity index is 2.46. The zero-order valence-corrected chi connectivity index (χ0v) is 9.88. The molecule has 1 rings (SSSR count). The molecule has 1 aliphatic heterocycles. The summed E-state index contributed by atoms with van der Waals surface area (Å²) in [6.45, 7) is 0.887. The molecular weight excluding hydrogens is 240 g/mol.